The van der Waals surface area contributed by atoms with E-state index >= 15 is 0 Å². The van der Waals surface area contributed by atoms with Gasteiger partial charge in [-0.15, -0.1) is 0 Å². The highest BCUT2D eigenvalue weighted by Gasteiger charge is 2.10. The number of para-hydroxylation sites is 3. The van der Waals surface area contributed by atoms with Crippen LogP contribution in [0.25, 0.3) is 44.9 Å². The minimum absolute atomic E-state index is 0.767. The number of hydrogen-bond acceptors (Lipinski definition) is 5. The molecule has 0 amide bonds. The first-order valence-corrected chi connectivity index (χ1v) is 14.9. The Hall–Kier alpha value is -5.68. The molecule has 0 unspecified atom stereocenters. The summed E-state index contributed by atoms with van der Waals surface area (Å²) in [7, 11) is 0. The van der Waals surface area contributed by atoms with Crippen LogP contribution in [0.1, 0.15) is 20.3 Å². The lowest BCUT2D eigenvalue weighted by Crippen LogP contribution is -2.30. The summed E-state index contributed by atoms with van der Waals surface area (Å²) in [5.74, 6) is 1.54. The van der Waals surface area contributed by atoms with Crippen molar-refractivity contribution < 1.29 is 4.74 Å². The van der Waals surface area contributed by atoms with E-state index in [9.17, 15) is 0 Å². The Labute approximate surface area is 256 Å². The fraction of sp³-hybridized carbons (Fsp3) is 0.0769. The zero-order chi connectivity index (χ0) is 29.9. The molecule has 0 atom stereocenters. The molecule has 0 aliphatic rings. The van der Waals surface area contributed by atoms with E-state index in [1.54, 1.807) is 0 Å². The molecule has 2 aromatic heterocycles. The summed E-state index contributed by atoms with van der Waals surface area (Å²) in [6.45, 7) is 4.18. The number of aromatic nitrogens is 2. The molecule has 0 spiro atoms. The van der Waals surface area contributed by atoms with Gasteiger partial charge in [0.25, 0.3) is 0 Å². The van der Waals surface area contributed by atoms with Crippen molar-refractivity contribution in [3.05, 3.63) is 132 Å². The predicted octanol–water partition coefficient (Wildman–Crippen LogP) is 9.21. The summed E-state index contributed by atoms with van der Waals surface area (Å²) in [5, 5.41) is 12.7. The quantitative estimate of drug-likeness (QED) is 0.187. The fourth-order valence-corrected chi connectivity index (χ4v) is 5.62. The maximum absolute atomic E-state index is 6.21. The van der Waals surface area contributed by atoms with Crippen molar-refractivity contribution in [1.82, 2.24) is 9.97 Å². The first-order valence-electron chi connectivity index (χ1n) is 14.9. The van der Waals surface area contributed by atoms with Crippen molar-refractivity contribution in [3.8, 4) is 11.5 Å². The number of hydrogen-bond donors (Lipinski definition) is 2. The van der Waals surface area contributed by atoms with E-state index in [4.69, 9.17) is 14.7 Å². The number of anilines is 4. The molecule has 0 bridgehead atoms. The van der Waals surface area contributed by atoms with Gasteiger partial charge in [-0.3, -0.25) is 0 Å². The van der Waals surface area contributed by atoms with Gasteiger partial charge in [-0.1, -0.05) is 73.7 Å². The molecule has 214 valence electrons. The highest BCUT2D eigenvalue weighted by atomic mass is 16.5. The number of benzene rings is 5. The average Bonchev–Trinajstić information content (AvgIpc) is 3.07. The molecule has 5 nitrogen and oxygen atoms in total. The first-order chi connectivity index (χ1) is 21.7. The van der Waals surface area contributed by atoms with Crippen LogP contribution in [-0.4, -0.2) is 9.97 Å². The van der Waals surface area contributed by atoms with Crippen molar-refractivity contribution in [2.75, 3.05) is 10.6 Å². The Morgan fingerprint density at radius 2 is 1.02 bits per heavy atom. The SMILES string of the molecule is C/C=c1/nc2ccccc2c(Nc2ccc(Oc3ccc(Nc4c5ccccc5nc5ccccc45)cc3)cc2)/c1=C/CC. The Morgan fingerprint density at radius 3 is 1.52 bits per heavy atom. The Bertz CT molecular complexity index is 2190. The van der Waals surface area contributed by atoms with Gasteiger partial charge in [-0.25, -0.2) is 9.97 Å². The van der Waals surface area contributed by atoms with E-state index in [0.717, 1.165) is 83.9 Å². The van der Waals surface area contributed by atoms with E-state index in [0.29, 0.717) is 0 Å². The maximum atomic E-state index is 6.21. The largest absolute Gasteiger partial charge is 0.457 e. The standard InChI is InChI=1S/C39H32N4O/c1-3-11-30-34(4-2)42-35-15-8-5-12-31(35)38(30)40-26-18-22-28(23-19-26)44-29-24-20-27(21-25-29)41-39-32-13-6-9-16-36(32)43-37-17-10-7-14-33(37)39/h4-25,40H,3H2,1-2H3,(H,41,43)/b30-11+,34-4+. The zero-order valence-electron chi connectivity index (χ0n) is 24.7. The molecule has 0 aliphatic carbocycles. The smallest absolute Gasteiger partial charge is 0.127 e. The third-order valence-corrected chi connectivity index (χ3v) is 7.71. The molecule has 5 aromatic carbocycles. The molecule has 5 heteroatoms. The van der Waals surface area contributed by atoms with Crippen LogP contribution in [0.4, 0.5) is 22.7 Å². The first kappa shape index (κ1) is 27.2. The summed E-state index contributed by atoms with van der Waals surface area (Å²) in [4.78, 5) is 9.71. The summed E-state index contributed by atoms with van der Waals surface area (Å²) in [6.07, 6.45) is 5.22. The van der Waals surface area contributed by atoms with Gasteiger partial charge in [0.15, 0.2) is 0 Å². The topological polar surface area (TPSA) is 59.1 Å². The highest BCUT2D eigenvalue weighted by molar-refractivity contribution is 6.08. The van der Waals surface area contributed by atoms with Crippen LogP contribution in [0.5, 0.6) is 11.5 Å². The lowest BCUT2D eigenvalue weighted by molar-refractivity contribution is 0.483. The van der Waals surface area contributed by atoms with Crippen LogP contribution in [0, 0.1) is 0 Å². The molecule has 0 saturated heterocycles. The van der Waals surface area contributed by atoms with Crippen LogP contribution in [0.15, 0.2) is 121 Å². The molecule has 0 radical (unpaired) electrons. The summed E-state index contributed by atoms with van der Waals surface area (Å²) in [5.41, 5.74) is 6.98. The number of nitrogens with zero attached hydrogens (tertiary/aromatic N) is 2. The molecule has 0 fully saturated rings. The van der Waals surface area contributed by atoms with Crippen LogP contribution < -0.4 is 25.9 Å². The van der Waals surface area contributed by atoms with Gasteiger partial charge in [-0.05, 0) is 80.1 Å². The van der Waals surface area contributed by atoms with Crippen molar-refractivity contribution in [1.29, 1.82) is 0 Å². The third-order valence-electron chi connectivity index (χ3n) is 7.71. The van der Waals surface area contributed by atoms with E-state index in [-0.39, 0.29) is 0 Å². The van der Waals surface area contributed by atoms with Crippen molar-refractivity contribution in [2.45, 2.75) is 20.3 Å². The monoisotopic (exact) mass is 572 g/mol. The maximum Gasteiger partial charge on any atom is 0.127 e. The van der Waals surface area contributed by atoms with Gasteiger partial charge in [-0.2, -0.15) is 0 Å². The van der Waals surface area contributed by atoms with Crippen LogP contribution in [0.2, 0.25) is 0 Å². The molecule has 7 rings (SSSR count). The normalized spacial score (nSPS) is 12.2. The minimum Gasteiger partial charge on any atom is -0.457 e. The fourth-order valence-electron chi connectivity index (χ4n) is 5.62. The summed E-state index contributed by atoms with van der Waals surface area (Å²) < 4.78 is 6.21. The van der Waals surface area contributed by atoms with Gasteiger partial charge in [0.1, 0.15) is 11.5 Å². The molecule has 0 aliphatic heterocycles. The summed E-state index contributed by atoms with van der Waals surface area (Å²) in [6, 6.07) is 40.8. The van der Waals surface area contributed by atoms with E-state index in [1.165, 1.54) is 0 Å². The highest BCUT2D eigenvalue weighted by Crippen LogP contribution is 2.34. The number of nitrogens with one attached hydrogen (secondary N) is 2. The second-order valence-electron chi connectivity index (χ2n) is 10.6. The Kier molecular flexibility index (Phi) is 7.35. The molecule has 2 N–H and O–H groups in total. The minimum atomic E-state index is 0.767. The van der Waals surface area contributed by atoms with Gasteiger partial charge in [0.2, 0.25) is 0 Å². The second kappa shape index (κ2) is 11.9. The molecule has 7 aromatic rings. The van der Waals surface area contributed by atoms with Gasteiger partial charge in [0.05, 0.1) is 33.3 Å². The van der Waals surface area contributed by atoms with Gasteiger partial charge >= 0.3 is 0 Å². The van der Waals surface area contributed by atoms with Crippen molar-refractivity contribution >= 4 is 67.6 Å². The molecule has 2 heterocycles. The third kappa shape index (κ3) is 5.32. The molecule has 44 heavy (non-hydrogen) atoms. The second-order valence-corrected chi connectivity index (χ2v) is 10.6. The van der Waals surface area contributed by atoms with Crippen molar-refractivity contribution in [3.63, 3.8) is 0 Å². The average molecular weight is 573 g/mol. The number of ether oxygens (including phenoxy) is 1. The van der Waals surface area contributed by atoms with Crippen LogP contribution in [0.3, 0.4) is 0 Å². The van der Waals surface area contributed by atoms with Crippen LogP contribution >= 0.6 is 0 Å². The van der Waals surface area contributed by atoms with Gasteiger partial charge < -0.3 is 15.4 Å². The Morgan fingerprint density at radius 1 is 0.568 bits per heavy atom. The van der Waals surface area contributed by atoms with Gasteiger partial charge in [0, 0.05) is 32.8 Å². The summed E-state index contributed by atoms with van der Waals surface area (Å²) >= 11 is 0. The van der Waals surface area contributed by atoms with Crippen molar-refractivity contribution in [2.24, 2.45) is 0 Å². The van der Waals surface area contributed by atoms with E-state index < -0.39 is 0 Å². The predicted molar refractivity (Wildman–Crippen MR) is 185 cm³/mol. The molecule has 0 saturated carbocycles. The molecular formula is C39H32N4O. The van der Waals surface area contributed by atoms with E-state index in [1.807, 2.05) is 97.9 Å². The van der Waals surface area contributed by atoms with E-state index in [2.05, 4.69) is 60.0 Å². The van der Waals surface area contributed by atoms with Crippen LogP contribution in [-0.2, 0) is 0 Å². The Balaban J connectivity index is 1.11. The molecular weight excluding hydrogens is 540 g/mol. The number of fused-ring (bicyclic) bond motifs is 3. The lowest BCUT2D eigenvalue weighted by Gasteiger charge is -2.14. The number of rotatable bonds is 7. The number of pyridine rings is 2. The lowest BCUT2D eigenvalue weighted by atomic mass is 10.1. The zero-order valence-corrected chi connectivity index (χ0v) is 24.7.